The number of morpholine rings is 1. The highest BCUT2D eigenvalue weighted by Crippen LogP contribution is 2.23. The van der Waals surface area contributed by atoms with Crippen molar-refractivity contribution in [2.45, 2.75) is 33.4 Å². The van der Waals surface area contributed by atoms with Crippen LogP contribution in [0.2, 0.25) is 0 Å². The van der Waals surface area contributed by atoms with Gasteiger partial charge in [-0.25, -0.2) is 9.97 Å². The van der Waals surface area contributed by atoms with E-state index in [0.717, 1.165) is 22.9 Å². The molecule has 0 bridgehead atoms. The molecule has 134 valence electrons. The SMILES string of the molecule is CNc1cc(C)nc([C@H]2COCCN2C(=O)Cn2nc(C)cc2C)n1. The van der Waals surface area contributed by atoms with Gasteiger partial charge in [0.05, 0.1) is 18.9 Å². The average molecular weight is 344 g/mol. The molecule has 1 fully saturated rings. The lowest BCUT2D eigenvalue weighted by atomic mass is 10.2. The number of nitrogens with zero attached hydrogens (tertiary/aromatic N) is 5. The van der Waals surface area contributed by atoms with Gasteiger partial charge in [-0.15, -0.1) is 0 Å². The van der Waals surface area contributed by atoms with E-state index >= 15 is 0 Å². The molecule has 8 heteroatoms. The fourth-order valence-corrected chi connectivity index (χ4v) is 3.04. The largest absolute Gasteiger partial charge is 0.377 e. The normalized spacial score (nSPS) is 17.6. The first-order valence-corrected chi connectivity index (χ1v) is 8.39. The van der Waals surface area contributed by atoms with Crippen LogP contribution < -0.4 is 5.32 Å². The summed E-state index contributed by atoms with van der Waals surface area (Å²) in [6, 6.07) is 3.55. The maximum atomic E-state index is 12.9. The fraction of sp³-hybridized carbons (Fsp3) is 0.529. The van der Waals surface area contributed by atoms with E-state index in [4.69, 9.17) is 4.74 Å². The Morgan fingerprint density at radius 2 is 2.08 bits per heavy atom. The van der Waals surface area contributed by atoms with Crippen LogP contribution in [0.1, 0.15) is 28.9 Å². The summed E-state index contributed by atoms with van der Waals surface area (Å²) in [5, 5.41) is 7.41. The maximum Gasteiger partial charge on any atom is 0.245 e. The van der Waals surface area contributed by atoms with Crippen LogP contribution in [0.25, 0.3) is 0 Å². The molecule has 1 aliphatic heterocycles. The van der Waals surface area contributed by atoms with E-state index in [1.54, 1.807) is 9.58 Å². The van der Waals surface area contributed by atoms with Gasteiger partial charge in [-0.2, -0.15) is 5.10 Å². The molecule has 1 N–H and O–H groups in total. The summed E-state index contributed by atoms with van der Waals surface area (Å²) in [6.07, 6.45) is 0. The van der Waals surface area contributed by atoms with E-state index in [0.29, 0.717) is 25.6 Å². The number of hydrogen-bond acceptors (Lipinski definition) is 6. The number of amides is 1. The predicted octanol–water partition coefficient (Wildman–Crippen LogP) is 1.24. The minimum absolute atomic E-state index is 0.00406. The molecule has 0 aromatic carbocycles. The molecule has 1 atom stereocenters. The second kappa shape index (κ2) is 7.18. The minimum Gasteiger partial charge on any atom is -0.377 e. The first-order valence-electron chi connectivity index (χ1n) is 8.39. The van der Waals surface area contributed by atoms with Gasteiger partial charge in [0.2, 0.25) is 5.91 Å². The second-order valence-corrected chi connectivity index (χ2v) is 6.27. The molecule has 0 aliphatic carbocycles. The van der Waals surface area contributed by atoms with E-state index in [1.165, 1.54) is 0 Å². The van der Waals surface area contributed by atoms with Gasteiger partial charge < -0.3 is 15.0 Å². The number of carbonyl (C=O) groups is 1. The molecule has 0 saturated carbocycles. The van der Waals surface area contributed by atoms with Crippen molar-refractivity contribution in [1.29, 1.82) is 0 Å². The van der Waals surface area contributed by atoms with Gasteiger partial charge in [0.25, 0.3) is 0 Å². The van der Waals surface area contributed by atoms with Crippen LogP contribution in [0.4, 0.5) is 5.82 Å². The van der Waals surface area contributed by atoms with Crippen LogP contribution in [0.15, 0.2) is 12.1 Å². The fourth-order valence-electron chi connectivity index (χ4n) is 3.04. The van der Waals surface area contributed by atoms with Crippen LogP contribution in [-0.2, 0) is 16.1 Å². The summed E-state index contributed by atoms with van der Waals surface area (Å²) in [5.74, 6) is 1.33. The van der Waals surface area contributed by atoms with Crippen LogP contribution in [0.3, 0.4) is 0 Å². The minimum atomic E-state index is -0.287. The Bertz CT molecular complexity index is 772. The Morgan fingerprint density at radius 1 is 1.28 bits per heavy atom. The van der Waals surface area contributed by atoms with Crippen LogP contribution in [-0.4, -0.2) is 57.4 Å². The maximum absolute atomic E-state index is 12.9. The Labute approximate surface area is 147 Å². The van der Waals surface area contributed by atoms with Crippen LogP contribution in [0, 0.1) is 20.8 Å². The van der Waals surface area contributed by atoms with Crippen LogP contribution in [0.5, 0.6) is 0 Å². The number of anilines is 1. The lowest BCUT2D eigenvalue weighted by Gasteiger charge is -2.34. The third kappa shape index (κ3) is 3.79. The number of hydrogen-bond donors (Lipinski definition) is 1. The lowest BCUT2D eigenvalue weighted by Crippen LogP contribution is -2.45. The first-order chi connectivity index (χ1) is 12.0. The van der Waals surface area contributed by atoms with Gasteiger partial charge in [0.1, 0.15) is 18.4 Å². The standard InChI is InChI=1S/C17H24N6O2/c1-11-8-15(18-4)20-17(19-11)14-10-25-6-5-22(14)16(24)9-23-13(3)7-12(2)21-23/h7-8,14H,5-6,9-10H2,1-4H3,(H,18,19,20)/t14-/m1/s1. The number of rotatable bonds is 4. The smallest absolute Gasteiger partial charge is 0.245 e. The van der Waals surface area contributed by atoms with E-state index in [2.05, 4.69) is 20.4 Å². The van der Waals surface area contributed by atoms with Gasteiger partial charge in [-0.05, 0) is 26.8 Å². The molecule has 3 rings (SSSR count). The molecule has 25 heavy (non-hydrogen) atoms. The summed E-state index contributed by atoms with van der Waals surface area (Å²) in [6.45, 7) is 7.44. The molecule has 0 unspecified atom stereocenters. The van der Waals surface area contributed by atoms with E-state index in [1.807, 2.05) is 40.0 Å². The van der Waals surface area contributed by atoms with E-state index < -0.39 is 0 Å². The zero-order valence-electron chi connectivity index (χ0n) is 15.1. The van der Waals surface area contributed by atoms with Gasteiger partial charge in [0, 0.05) is 31.0 Å². The molecular formula is C17H24N6O2. The number of carbonyl (C=O) groups excluding carboxylic acids is 1. The van der Waals surface area contributed by atoms with Gasteiger partial charge in [-0.1, -0.05) is 0 Å². The third-order valence-electron chi connectivity index (χ3n) is 4.26. The summed E-state index contributed by atoms with van der Waals surface area (Å²) in [4.78, 5) is 23.7. The Kier molecular flexibility index (Phi) is 4.98. The highest BCUT2D eigenvalue weighted by molar-refractivity contribution is 5.76. The number of aromatic nitrogens is 4. The lowest BCUT2D eigenvalue weighted by molar-refractivity contribution is -0.141. The van der Waals surface area contributed by atoms with Crippen molar-refractivity contribution in [2.24, 2.45) is 0 Å². The highest BCUT2D eigenvalue weighted by Gasteiger charge is 2.31. The number of aryl methyl sites for hydroxylation is 3. The first kappa shape index (κ1) is 17.3. The Morgan fingerprint density at radius 3 is 2.76 bits per heavy atom. The molecule has 0 spiro atoms. The number of ether oxygens (including phenoxy) is 1. The number of nitrogens with one attached hydrogen (secondary N) is 1. The quantitative estimate of drug-likeness (QED) is 0.898. The van der Waals surface area contributed by atoms with E-state index in [-0.39, 0.29) is 18.5 Å². The van der Waals surface area contributed by atoms with Crippen molar-refractivity contribution >= 4 is 11.7 Å². The zero-order chi connectivity index (χ0) is 18.0. The molecule has 8 nitrogen and oxygen atoms in total. The van der Waals surface area contributed by atoms with Crippen molar-refractivity contribution in [3.63, 3.8) is 0 Å². The third-order valence-corrected chi connectivity index (χ3v) is 4.26. The van der Waals surface area contributed by atoms with E-state index in [9.17, 15) is 4.79 Å². The Balaban J connectivity index is 1.84. The molecular weight excluding hydrogens is 320 g/mol. The summed E-state index contributed by atoms with van der Waals surface area (Å²) in [7, 11) is 1.81. The molecule has 2 aromatic rings. The average Bonchev–Trinajstić information content (AvgIpc) is 2.91. The Hall–Kier alpha value is -2.48. The predicted molar refractivity (Wildman–Crippen MR) is 93.3 cm³/mol. The highest BCUT2D eigenvalue weighted by atomic mass is 16.5. The summed E-state index contributed by atoms with van der Waals surface area (Å²) < 4.78 is 7.33. The van der Waals surface area contributed by atoms with Gasteiger partial charge in [-0.3, -0.25) is 9.48 Å². The van der Waals surface area contributed by atoms with Crippen molar-refractivity contribution in [1.82, 2.24) is 24.6 Å². The topological polar surface area (TPSA) is 85.2 Å². The van der Waals surface area contributed by atoms with Gasteiger partial charge >= 0.3 is 0 Å². The second-order valence-electron chi connectivity index (χ2n) is 6.27. The summed E-state index contributed by atoms with van der Waals surface area (Å²) in [5.41, 5.74) is 2.73. The molecule has 3 heterocycles. The molecule has 1 amide bonds. The molecule has 0 radical (unpaired) electrons. The molecule has 1 aliphatic rings. The zero-order valence-corrected chi connectivity index (χ0v) is 15.1. The van der Waals surface area contributed by atoms with Crippen molar-refractivity contribution in [2.75, 3.05) is 32.1 Å². The van der Waals surface area contributed by atoms with Crippen molar-refractivity contribution in [3.8, 4) is 0 Å². The molecule has 1 saturated heterocycles. The van der Waals surface area contributed by atoms with Crippen LogP contribution >= 0.6 is 0 Å². The molecule has 2 aromatic heterocycles. The monoisotopic (exact) mass is 344 g/mol. The summed E-state index contributed by atoms with van der Waals surface area (Å²) >= 11 is 0. The van der Waals surface area contributed by atoms with Gasteiger partial charge in [0.15, 0.2) is 5.82 Å². The van der Waals surface area contributed by atoms with Crippen molar-refractivity contribution in [3.05, 3.63) is 35.0 Å². The van der Waals surface area contributed by atoms with Crippen molar-refractivity contribution < 1.29 is 9.53 Å².